The number of carbonyl (C=O) groups is 3. The average Bonchev–Trinajstić information content (AvgIpc) is 3.26. The van der Waals surface area contributed by atoms with Crippen molar-refractivity contribution in [2.45, 2.75) is 89.4 Å². The number of likely N-dealkylation sites (tertiary alicyclic amines) is 1. The van der Waals surface area contributed by atoms with E-state index in [1.54, 1.807) is 11.8 Å². The molecule has 268 valence electrons. The molecule has 4 aliphatic heterocycles. The Kier molecular flexibility index (Phi) is 11.1. The lowest BCUT2D eigenvalue weighted by Gasteiger charge is -2.40. The molecule has 0 saturated carbocycles. The maximum Gasteiger partial charge on any atom is 0.322 e. The van der Waals surface area contributed by atoms with Crippen LogP contribution in [-0.2, 0) is 16.0 Å². The topological polar surface area (TPSA) is 79.4 Å². The number of nitrogens with zero attached hydrogens (tertiary/aromatic N) is 5. The molecule has 1 unspecified atom stereocenters. The molecule has 2 aromatic carbocycles. The van der Waals surface area contributed by atoms with Gasteiger partial charge in [-0.15, -0.1) is 11.8 Å². The first kappa shape index (κ1) is 35.9. The summed E-state index contributed by atoms with van der Waals surface area (Å²) in [7, 11) is 0. The smallest absolute Gasteiger partial charge is 0.322 e. The van der Waals surface area contributed by atoms with E-state index in [-0.39, 0.29) is 42.5 Å². The molecule has 4 heterocycles. The van der Waals surface area contributed by atoms with E-state index in [4.69, 9.17) is 11.6 Å². The van der Waals surface area contributed by atoms with Crippen molar-refractivity contribution >= 4 is 52.6 Å². The summed E-state index contributed by atoms with van der Waals surface area (Å²) in [5, 5.41) is 3.03. The Balaban J connectivity index is 0.00000486. The van der Waals surface area contributed by atoms with Gasteiger partial charge in [0, 0.05) is 94.3 Å². The number of nitrogens with one attached hydrogen (secondary N) is 1. The molecule has 11 heteroatoms. The molecule has 49 heavy (non-hydrogen) atoms. The summed E-state index contributed by atoms with van der Waals surface area (Å²) in [6.07, 6.45) is 3.29. The Bertz CT molecular complexity index is 1520. The fourth-order valence-electron chi connectivity index (χ4n) is 7.61. The van der Waals surface area contributed by atoms with Crippen LogP contribution in [0.2, 0.25) is 5.02 Å². The van der Waals surface area contributed by atoms with Gasteiger partial charge in [-0.25, -0.2) is 4.79 Å². The first-order valence-corrected chi connectivity index (χ1v) is 19.4. The summed E-state index contributed by atoms with van der Waals surface area (Å²) in [6, 6.07) is 14.6. The first-order chi connectivity index (χ1) is 23.4. The number of para-hydroxylation sites is 1. The predicted octanol–water partition coefficient (Wildman–Crippen LogP) is 6.97. The molecule has 0 radical (unpaired) electrons. The quantitative estimate of drug-likeness (QED) is 0.319. The van der Waals surface area contributed by atoms with Crippen LogP contribution in [0.25, 0.3) is 0 Å². The molecule has 0 spiro atoms. The highest BCUT2D eigenvalue weighted by molar-refractivity contribution is 8.01. The third-order valence-electron chi connectivity index (χ3n) is 10.7. The molecule has 0 bridgehead atoms. The largest absolute Gasteiger partial charge is 0.369 e. The predicted molar refractivity (Wildman–Crippen MR) is 202 cm³/mol. The number of rotatable bonds is 8. The first-order valence-electron chi connectivity index (χ1n) is 18.1. The van der Waals surface area contributed by atoms with Crippen molar-refractivity contribution in [3.8, 4) is 0 Å². The summed E-state index contributed by atoms with van der Waals surface area (Å²) < 4.78 is 0. The van der Waals surface area contributed by atoms with Crippen LogP contribution in [0.15, 0.2) is 42.5 Å². The van der Waals surface area contributed by atoms with E-state index in [0.717, 1.165) is 74.4 Å². The zero-order valence-electron chi connectivity index (χ0n) is 29.8. The number of halogens is 1. The molecule has 9 nitrogen and oxygen atoms in total. The number of amides is 4. The summed E-state index contributed by atoms with van der Waals surface area (Å²) in [5.41, 5.74) is 4.17. The molecular weight excluding hydrogens is 656 g/mol. The van der Waals surface area contributed by atoms with Crippen LogP contribution in [0, 0.1) is 5.41 Å². The number of thioether (sulfide) groups is 1. The van der Waals surface area contributed by atoms with Crippen LogP contribution in [0.1, 0.15) is 78.2 Å². The van der Waals surface area contributed by atoms with Gasteiger partial charge in [0.15, 0.2) is 0 Å². The lowest BCUT2D eigenvalue weighted by molar-refractivity contribution is -0.137. The van der Waals surface area contributed by atoms with E-state index in [1.807, 2.05) is 45.0 Å². The number of urea groups is 1. The molecular formula is C38H55ClN6O3S. The van der Waals surface area contributed by atoms with Crippen LogP contribution in [0.3, 0.4) is 0 Å². The minimum atomic E-state index is -0.466. The summed E-state index contributed by atoms with van der Waals surface area (Å²) in [6.45, 7) is 17.3. The standard InChI is InChI=1S/C38H53ClN6O3S.H2/c1-26(2)41-21-23-42(24-22-41)31-12-8-10-29(39)34(31)36-45(20-16-38(3,4)5)35(47)32(49-36)25-33(46)43-17-14-28(15-18-43)44-19-13-27-9-6-7-11-30(27)40-37(44)48;/h6-12,26,28,32,36H,13-25H2,1-5H3,(H,40,48);1H/t32-,36?;/m1./s1. The van der Waals surface area contributed by atoms with E-state index in [9.17, 15) is 14.4 Å². The highest BCUT2D eigenvalue weighted by Gasteiger charge is 2.45. The normalized spacial score (nSPS) is 22.8. The van der Waals surface area contributed by atoms with E-state index in [0.29, 0.717) is 37.2 Å². The van der Waals surface area contributed by atoms with E-state index < -0.39 is 5.25 Å². The summed E-state index contributed by atoms with van der Waals surface area (Å²) in [4.78, 5) is 51.8. The molecule has 2 atom stereocenters. The minimum Gasteiger partial charge on any atom is -0.369 e. The van der Waals surface area contributed by atoms with E-state index in [1.165, 1.54) is 0 Å². The maximum absolute atomic E-state index is 14.2. The molecule has 0 aliphatic carbocycles. The number of piperazine rings is 1. The fourth-order valence-corrected chi connectivity index (χ4v) is 9.49. The third-order valence-corrected chi connectivity index (χ3v) is 12.4. The van der Waals surface area contributed by atoms with Crippen LogP contribution < -0.4 is 10.2 Å². The van der Waals surface area contributed by atoms with Crippen molar-refractivity contribution in [2.75, 3.05) is 62.6 Å². The van der Waals surface area contributed by atoms with Gasteiger partial charge in [0.25, 0.3) is 0 Å². The zero-order valence-corrected chi connectivity index (χ0v) is 31.4. The van der Waals surface area contributed by atoms with Gasteiger partial charge in [-0.1, -0.05) is 56.6 Å². The van der Waals surface area contributed by atoms with Gasteiger partial charge in [0.05, 0.1) is 5.25 Å². The summed E-state index contributed by atoms with van der Waals surface area (Å²) >= 11 is 8.60. The Morgan fingerprint density at radius 2 is 1.69 bits per heavy atom. The van der Waals surface area contributed by atoms with Gasteiger partial charge in [0.1, 0.15) is 5.37 Å². The van der Waals surface area contributed by atoms with Gasteiger partial charge in [-0.05, 0) is 68.7 Å². The van der Waals surface area contributed by atoms with E-state index in [2.05, 4.69) is 61.9 Å². The van der Waals surface area contributed by atoms with Crippen molar-refractivity contribution in [1.29, 1.82) is 0 Å². The van der Waals surface area contributed by atoms with Crippen molar-refractivity contribution in [3.05, 3.63) is 58.6 Å². The fraction of sp³-hybridized carbons (Fsp3) is 0.605. The Morgan fingerprint density at radius 1 is 0.980 bits per heavy atom. The maximum atomic E-state index is 14.2. The van der Waals surface area contributed by atoms with Gasteiger partial charge in [0.2, 0.25) is 11.8 Å². The molecule has 3 fully saturated rings. The van der Waals surface area contributed by atoms with Crippen molar-refractivity contribution < 1.29 is 15.8 Å². The summed E-state index contributed by atoms with van der Waals surface area (Å²) in [5.74, 6) is 0.0384. The number of piperidine rings is 1. The second-order valence-corrected chi connectivity index (χ2v) is 17.2. The molecule has 0 aromatic heterocycles. The number of hydrogen-bond acceptors (Lipinski definition) is 6. The van der Waals surface area contributed by atoms with Crippen molar-refractivity contribution in [2.24, 2.45) is 5.41 Å². The highest BCUT2D eigenvalue weighted by atomic mass is 35.5. The SMILES string of the molecule is CC(C)N1CCN(c2cccc(Cl)c2C2S[C@H](CC(=O)N3CCC(N4CCc5ccccc5NC4=O)CC3)C(=O)N2CCC(C)(C)C)CC1.[HH]. The van der Waals surface area contributed by atoms with Crippen molar-refractivity contribution in [3.63, 3.8) is 0 Å². The van der Waals surface area contributed by atoms with Crippen LogP contribution in [-0.4, -0.2) is 107 Å². The second kappa shape index (κ2) is 15.1. The van der Waals surface area contributed by atoms with Gasteiger partial charge >= 0.3 is 6.03 Å². The van der Waals surface area contributed by atoms with Gasteiger partial charge in [-0.3, -0.25) is 14.5 Å². The number of carbonyl (C=O) groups excluding carboxylic acids is 3. The number of hydrogen-bond donors (Lipinski definition) is 1. The highest BCUT2D eigenvalue weighted by Crippen LogP contribution is 2.50. The molecule has 1 N–H and O–H groups in total. The van der Waals surface area contributed by atoms with Crippen molar-refractivity contribution in [1.82, 2.24) is 19.6 Å². The Labute approximate surface area is 303 Å². The van der Waals surface area contributed by atoms with Crippen LogP contribution >= 0.6 is 23.4 Å². The third kappa shape index (κ3) is 8.18. The number of fused-ring (bicyclic) bond motifs is 1. The lowest BCUT2D eigenvalue weighted by atomic mass is 9.92. The monoisotopic (exact) mass is 710 g/mol. The molecule has 6 rings (SSSR count). The van der Waals surface area contributed by atoms with Gasteiger partial charge in [-0.2, -0.15) is 0 Å². The molecule has 2 aromatic rings. The molecule has 4 amide bonds. The Morgan fingerprint density at radius 3 is 2.39 bits per heavy atom. The van der Waals surface area contributed by atoms with Gasteiger partial charge < -0.3 is 24.9 Å². The second-order valence-electron chi connectivity index (χ2n) is 15.5. The zero-order chi connectivity index (χ0) is 34.9. The van der Waals surface area contributed by atoms with Crippen LogP contribution in [0.5, 0.6) is 0 Å². The number of benzene rings is 2. The molecule has 3 saturated heterocycles. The minimum absolute atomic E-state index is 0. The molecule has 4 aliphatic rings. The number of anilines is 2. The Hall–Kier alpha value is -2.95. The average molecular weight is 711 g/mol. The van der Waals surface area contributed by atoms with E-state index >= 15 is 0 Å². The van der Waals surface area contributed by atoms with Crippen LogP contribution in [0.4, 0.5) is 16.2 Å². The lowest BCUT2D eigenvalue weighted by Crippen LogP contribution is -2.50.